The summed E-state index contributed by atoms with van der Waals surface area (Å²) in [4.78, 5) is 36.4. The molecule has 1 unspecified atom stereocenters. The smallest absolute Gasteiger partial charge is 0.306 e. The maximum atomic E-state index is 12.7. The van der Waals surface area contributed by atoms with E-state index >= 15 is 0 Å². The molecule has 0 N–H and O–H groups in total. The standard InChI is InChI=1S/C38H62O6/c1-8-28(43-34(39)9-2)24-42-35(40)17-18-36(41)44-29-19-21-37(6)27(23-29)13-14-30-32-16-15-31(26(5)12-10-11-25(3)4)38(32,7)22-20-33(30)37/h13,25-26,28-33H,8-12,14-24H2,1-7H3/t26-,28?,29+,30+,31-,32+,33+,37+,38-/m1/s1. The van der Waals surface area contributed by atoms with Crippen LogP contribution >= 0.6 is 0 Å². The summed E-state index contributed by atoms with van der Waals surface area (Å²) in [7, 11) is 0. The molecule has 250 valence electrons. The molecule has 0 amide bonds. The number of hydrogen-bond donors (Lipinski definition) is 0. The summed E-state index contributed by atoms with van der Waals surface area (Å²) in [6, 6.07) is 0. The van der Waals surface area contributed by atoms with Crippen molar-refractivity contribution in [1.82, 2.24) is 0 Å². The molecule has 0 spiro atoms. The molecule has 0 bridgehead atoms. The lowest BCUT2D eigenvalue weighted by Crippen LogP contribution is -2.51. The van der Waals surface area contributed by atoms with E-state index in [2.05, 4.69) is 40.7 Å². The van der Waals surface area contributed by atoms with Gasteiger partial charge in [-0.2, -0.15) is 0 Å². The van der Waals surface area contributed by atoms with Crippen molar-refractivity contribution < 1.29 is 28.6 Å². The molecule has 0 saturated heterocycles. The number of esters is 3. The van der Waals surface area contributed by atoms with Crippen molar-refractivity contribution in [2.75, 3.05) is 6.61 Å². The third-order valence-corrected chi connectivity index (χ3v) is 12.6. The Morgan fingerprint density at radius 3 is 2.36 bits per heavy atom. The van der Waals surface area contributed by atoms with Gasteiger partial charge in [-0.15, -0.1) is 0 Å². The quantitative estimate of drug-likeness (QED) is 0.110. The fraction of sp³-hybridized carbons (Fsp3) is 0.868. The summed E-state index contributed by atoms with van der Waals surface area (Å²) in [6.07, 6.45) is 16.5. The van der Waals surface area contributed by atoms with E-state index < -0.39 is 12.1 Å². The number of rotatable bonds is 14. The highest BCUT2D eigenvalue weighted by Gasteiger charge is 2.59. The van der Waals surface area contributed by atoms with Crippen LogP contribution in [-0.2, 0) is 28.6 Å². The Morgan fingerprint density at radius 2 is 1.66 bits per heavy atom. The van der Waals surface area contributed by atoms with Crippen molar-refractivity contribution in [3.8, 4) is 0 Å². The first kappa shape index (κ1) is 35.0. The molecule has 4 rings (SSSR count). The maximum Gasteiger partial charge on any atom is 0.306 e. The Kier molecular flexibility index (Phi) is 12.1. The third-order valence-electron chi connectivity index (χ3n) is 12.6. The summed E-state index contributed by atoms with van der Waals surface area (Å²) >= 11 is 0. The predicted octanol–water partition coefficient (Wildman–Crippen LogP) is 8.99. The first-order valence-electron chi connectivity index (χ1n) is 18.1. The average Bonchev–Trinajstić information content (AvgIpc) is 3.35. The first-order valence-corrected chi connectivity index (χ1v) is 18.1. The van der Waals surface area contributed by atoms with Gasteiger partial charge in [-0.25, -0.2) is 0 Å². The van der Waals surface area contributed by atoms with Gasteiger partial charge in [0.25, 0.3) is 0 Å². The third kappa shape index (κ3) is 7.92. The molecule has 0 radical (unpaired) electrons. The van der Waals surface area contributed by atoms with Crippen LogP contribution in [0.15, 0.2) is 11.6 Å². The van der Waals surface area contributed by atoms with E-state index in [1.54, 1.807) is 6.92 Å². The zero-order valence-electron chi connectivity index (χ0n) is 29.0. The van der Waals surface area contributed by atoms with E-state index in [9.17, 15) is 14.4 Å². The molecule has 9 atom stereocenters. The highest BCUT2D eigenvalue weighted by molar-refractivity contribution is 5.77. The monoisotopic (exact) mass is 614 g/mol. The topological polar surface area (TPSA) is 78.9 Å². The van der Waals surface area contributed by atoms with Gasteiger partial charge in [-0.3, -0.25) is 14.4 Å². The number of allylic oxidation sites excluding steroid dienone is 1. The molecule has 0 aliphatic heterocycles. The Morgan fingerprint density at radius 1 is 0.909 bits per heavy atom. The lowest BCUT2D eigenvalue weighted by atomic mass is 9.47. The zero-order valence-corrected chi connectivity index (χ0v) is 29.0. The Bertz CT molecular complexity index is 1030. The van der Waals surface area contributed by atoms with Crippen LogP contribution < -0.4 is 0 Å². The van der Waals surface area contributed by atoms with E-state index in [1.807, 2.05) is 6.92 Å². The fourth-order valence-electron chi connectivity index (χ4n) is 9.96. The molecule has 3 fully saturated rings. The van der Waals surface area contributed by atoms with Crippen LogP contribution in [0.25, 0.3) is 0 Å². The van der Waals surface area contributed by atoms with Crippen LogP contribution in [0.3, 0.4) is 0 Å². The Balaban J connectivity index is 1.26. The van der Waals surface area contributed by atoms with Crippen LogP contribution in [0.1, 0.15) is 145 Å². The van der Waals surface area contributed by atoms with Crippen molar-refractivity contribution in [3.05, 3.63) is 11.6 Å². The number of hydrogen-bond acceptors (Lipinski definition) is 6. The van der Waals surface area contributed by atoms with Crippen LogP contribution in [0.4, 0.5) is 0 Å². The van der Waals surface area contributed by atoms with E-state index in [0.29, 0.717) is 11.8 Å². The summed E-state index contributed by atoms with van der Waals surface area (Å²) < 4.78 is 16.4. The second kappa shape index (κ2) is 15.2. The molecule has 0 aromatic heterocycles. The average molecular weight is 615 g/mol. The van der Waals surface area contributed by atoms with E-state index in [4.69, 9.17) is 14.2 Å². The van der Waals surface area contributed by atoms with Crippen molar-refractivity contribution in [1.29, 1.82) is 0 Å². The summed E-state index contributed by atoms with van der Waals surface area (Å²) in [5.74, 6) is 3.78. The number of fused-ring (bicyclic) bond motifs is 5. The van der Waals surface area contributed by atoms with Crippen molar-refractivity contribution in [2.24, 2.45) is 46.3 Å². The van der Waals surface area contributed by atoms with E-state index in [0.717, 1.165) is 54.8 Å². The van der Waals surface area contributed by atoms with Crippen LogP contribution in [0, 0.1) is 46.3 Å². The summed E-state index contributed by atoms with van der Waals surface area (Å²) in [6.45, 7) is 16.0. The lowest BCUT2D eigenvalue weighted by Gasteiger charge is -2.58. The van der Waals surface area contributed by atoms with Crippen LogP contribution in [0.2, 0.25) is 0 Å². The second-order valence-electron chi connectivity index (χ2n) is 15.7. The molecular weight excluding hydrogens is 552 g/mol. The Hall–Kier alpha value is -1.85. The molecule has 44 heavy (non-hydrogen) atoms. The van der Waals surface area contributed by atoms with Gasteiger partial charge in [-0.05, 0) is 97.7 Å². The van der Waals surface area contributed by atoms with Crippen molar-refractivity contribution >= 4 is 17.9 Å². The first-order chi connectivity index (χ1) is 20.9. The Labute approximate surface area is 267 Å². The minimum absolute atomic E-state index is 0.0131. The minimum atomic E-state index is -0.464. The van der Waals surface area contributed by atoms with E-state index in [-0.39, 0.29) is 49.3 Å². The largest absolute Gasteiger partial charge is 0.462 e. The van der Waals surface area contributed by atoms with Crippen molar-refractivity contribution in [2.45, 2.75) is 157 Å². The number of ether oxygens (including phenoxy) is 3. The van der Waals surface area contributed by atoms with Gasteiger partial charge in [0.05, 0.1) is 12.8 Å². The van der Waals surface area contributed by atoms with Crippen LogP contribution in [-0.4, -0.2) is 36.7 Å². The molecule has 3 saturated carbocycles. The number of carbonyl (C=O) groups is 3. The van der Waals surface area contributed by atoms with E-state index in [1.165, 1.54) is 56.9 Å². The SMILES string of the molecule is CCC(=O)OC(CC)COC(=O)CCC(=O)O[C@H]1CC[C@@]2(C)C(=CC[C@H]3[C@@H]4CC[C@H]([C@H](C)CCCC(C)C)[C@@]4(C)CC[C@@H]32)C1. The molecule has 6 heteroatoms. The van der Waals surface area contributed by atoms with Gasteiger partial charge < -0.3 is 14.2 Å². The lowest BCUT2D eigenvalue weighted by molar-refractivity contribution is -0.160. The molecule has 4 aliphatic rings. The minimum Gasteiger partial charge on any atom is -0.462 e. The summed E-state index contributed by atoms with van der Waals surface area (Å²) in [5.41, 5.74) is 2.22. The molecular formula is C38H62O6. The van der Waals surface area contributed by atoms with Gasteiger partial charge in [0.1, 0.15) is 18.8 Å². The van der Waals surface area contributed by atoms with Crippen LogP contribution in [0.5, 0.6) is 0 Å². The summed E-state index contributed by atoms with van der Waals surface area (Å²) in [5, 5.41) is 0. The molecule has 0 aromatic rings. The zero-order chi connectivity index (χ0) is 32.1. The molecule has 6 nitrogen and oxygen atoms in total. The molecule has 0 aromatic carbocycles. The highest BCUT2D eigenvalue weighted by atomic mass is 16.6. The van der Waals surface area contributed by atoms with Gasteiger partial charge in [-0.1, -0.05) is 79.4 Å². The van der Waals surface area contributed by atoms with Crippen molar-refractivity contribution in [3.63, 3.8) is 0 Å². The van der Waals surface area contributed by atoms with Gasteiger partial charge in [0.15, 0.2) is 0 Å². The van der Waals surface area contributed by atoms with Gasteiger partial charge in [0.2, 0.25) is 0 Å². The molecule has 4 aliphatic carbocycles. The maximum absolute atomic E-state index is 12.7. The van der Waals surface area contributed by atoms with Gasteiger partial charge >= 0.3 is 17.9 Å². The normalized spacial score (nSPS) is 34.2. The second-order valence-corrected chi connectivity index (χ2v) is 15.7. The van der Waals surface area contributed by atoms with Gasteiger partial charge in [0, 0.05) is 12.8 Å². The molecule has 0 heterocycles. The number of carbonyl (C=O) groups excluding carboxylic acids is 3. The fourth-order valence-corrected chi connectivity index (χ4v) is 9.96. The highest BCUT2D eigenvalue weighted by Crippen LogP contribution is 2.67. The predicted molar refractivity (Wildman–Crippen MR) is 174 cm³/mol.